The molecule has 4 aromatic rings. The summed E-state index contributed by atoms with van der Waals surface area (Å²) in [6.07, 6.45) is 6.22. The molecule has 4 heteroatoms. The summed E-state index contributed by atoms with van der Waals surface area (Å²) in [5.41, 5.74) is 8.05. The van der Waals surface area contributed by atoms with Gasteiger partial charge in [-0.1, -0.05) is 73.0 Å². The maximum absolute atomic E-state index is 6.14. The molecule has 0 aliphatic carbocycles. The van der Waals surface area contributed by atoms with E-state index in [9.17, 15) is 0 Å². The molecule has 0 spiro atoms. The minimum absolute atomic E-state index is 0.247. The minimum atomic E-state index is -0.247. The quantitative estimate of drug-likeness (QED) is 0.196. The van der Waals surface area contributed by atoms with Gasteiger partial charge in [0.1, 0.15) is 24.7 Å². The van der Waals surface area contributed by atoms with E-state index in [0.717, 1.165) is 53.6 Å². The Kier molecular flexibility index (Phi) is 8.71. The summed E-state index contributed by atoms with van der Waals surface area (Å²) in [7, 11) is 0. The summed E-state index contributed by atoms with van der Waals surface area (Å²) in [5, 5.41) is 0. The van der Waals surface area contributed by atoms with Gasteiger partial charge in [0.25, 0.3) is 0 Å². The fourth-order valence-corrected chi connectivity index (χ4v) is 6.34. The van der Waals surface area contributed by atoms with Crippen LogP contribution < -0.4 is 9.47 Å². The number of rotatable bonds is 10. The highest BCUT2D eigenvalue weighted by atomic mass is 16.5. The van der Waals surface area contributed by atoms with Crippen molar-refractivity contribution in [3.05, 3.63) is 125 Å². The molecule has 4 nitrogen and oxygen atoms in total. The Morgan fingerprint density at radius 1 is 0.738 bits per heavy atom. The Hall–Kier alpha value is -3.89. The molecule has 4 aromatic carbocycles. The van der Waals surface area contributed by atoms with Crippen LogP contribution in [0.3, 0.4) is 0 Å². The van der Waals surface area contributed by atoms with Crippen LogP contribution in [-0.2, 0) is 18.4 Å². The van der Waals surface area contributed by atoms with Gasteiger partial charge in [0.2, 0.25) is 0 Å². The third-order valence-electron chi connectivity index (χ3n) is 8.73. The van der Waals surface area contributed by atoms with E-state index in [1.54, 1.807) is 0 Å². The second-order valence-corrected chi connectivity index (χ2v) is 12.0. The van der Waals surface area contributed by atoms with Gasteiger partial charge in [-0.25, -0.2) is 0 Å². The lowest BCUT2D eigenvalue weighted by Crippen LogP contribution is -2.33. The number of nitrogens with zero attached hydrogens (tertiary/aromatic N) is 2. The smallest absolute Gasteiger partial charge is 0.119 e. The molecule has 6 rings (SSSR count). The Balaban J connectivity index is 1.15. The Labute approximate surface area is 251 Å². The number of fused-ring (bicyclic) bond motifs is 1. The molecule has 42 heavy (non-hydrogen) atoms. The summed E-state index contributed by atoms with van der Waals surface area (Å²) in [4.78, 5) is 7.74. The first-order chi connectivity index (χ1) is 20.6. The highest BCUT2D eigenvalue weighted by molar-refractivity contribution is 6.12. The molecule has 0 amide bonds. The molecule has 0 aromatic heterocycles. The standard InChI is InChI=1S/C38H42N2O2/c1-29-12-21-36-35(26-29)38(2,27-30-13-17-33(18-14-30)41-25-24-40-22-8-3-4-9-23-40)37(39-36)32-15-19-34(20-16-32)42-28-31-10-6-5-7-11-31/h5-7,10-21,26H,3-4,8-9,22-25,27-28H2,1-2H3. The first kappa shape index (κ1) is 28.2. The fraction of sp³-hybridized carbons (Fsp3) is 0.342. The van der Waals surface area contributed by atoms with Crippen molar-refractivity contribution in [3.63, 3.8) is 0 Å². The molecule has 2 heterocycles. The van der Waals surface area contributed by atoms with Gasteiger partial charge in [0, 0.05) is 12.0 Å². The van der Waals surface area contributed by atoms with Gasteiger partial charge >= 0.3 is 0 Å². The summed E-state index contributed by atoms with van der Waals surface area (Å²) in [6, 6.07) is 34.0. The van der Waals surface area contributed by atoms with Crippen molar-refractivity contribution in [1.82, 2.24) is 4.90 Å². The number of hydrogen-bond acceptors (Lipinski definition) is 4. The number of ether oxygens (including phenoxy) is 2. The van der Waals surface area contributed by atoms with E-state index < -0.39 is 0 Å². The molecule has 1 saturated heterocycles. The van der Waals surface area contributed by atoms with Crippen molar-refractivity contribution in [3.8, 4) is 11.5 Å². The predicted molar refractivity (Wildman–Crippen MR) is 172 cm³/mol. The first-order valence-corrected chi connectivity index (χ1v) is 15.5. The first-order valence-electron chi connectivity index (χ1n) is 15.5. The van der Waals surface area contributed by atoms with Crippen LogP contribution >= 0.6 is 0 Å². The monoisotopic (exact) mass is 558 g/mol. The van der Waals surface area contributed by atoms with Crippen LogP contribution in [0.25, 0.3) is 0 Å². The lowest BCUT2D eigenvalue weighted by Gasteiger charge is -2.29. The zero-order valence-electron chi connectivity index (χ0n) is 25.0. The predicted octanol–water partition coefficient (Wildman–Crippen LogP) is 8.46. The summed E-state index contributed by atoms with van der Waals surface area (Å²) < 4.78 is 12.2. The van der Waals surface area contributed by atoms with Gasteiger partial charge in [-0.05, 0) is 111 Å². The Morgan fingerprint density at radius 2 is 1.43 bits per heavy atom. The maximum atomic E-state index is 6.14. The Bertz CT molecular complexity index is 1490. The van der Waals surface area contributed by atoms with E-state index in [1.165, 1.54) is 55.5 Å². The summed E-state index contributed by atoms with van der Waals surface area (Å²) in [5.74, 6) is 1.81. The lowest BCUT2D eigenvalue weighted by atomic mass is 9.72. The molecule has 1 unspecified atom stereocenters. The van der Waals surface area contributed by atoms with Crippen molar-refractivity contribution in [2.75, 3.05) is 26.2 Å². The van der Waals surface area contributed by atoms with E-state index in [4.69, 9.17) is 14.5 Å². The van der Waals surface area contributed by atoms with E-state index in [1.807, 2.05) is 18.2 Å². The van der Waals surface area contributed by atoms with Crippen molar-refractivity contribution in [2.45, 2.75) is 58.0 Å². The lowest BCUT2D eigenvalue weighted by molar-refractivity contribution is 0.214. The zero-order valence-corrected chi connectivity index (χ0v) is 25.0. The Morgan fingerprint density at radius 3 is 2.17 bits per heavy atom. The third-order valence-corrected chi connectivity index (χ3v) is 8.73. The van der Waals surface area contributed by atoms with E-state index >= 15 is 0 Å². The van der Waals surface area contributed by atoms with Crippen molar-refractivity contribution in [2.24, 2.45) is 4.99 Å². The van der Waals surface area contributed by atoms with Gasteiger partial charge in [0.15, 0.2) is 0 Å². The molecule has 1 fully saturated rings. The van der Waals surface area contributed by atoms with Crippen LogP contribution in [0.5, 0.6) is 11.5 Å². The van der Waals surface area contributed by atoms with Gasteiger partial charge in [-0.3, -0.25) is 9.89 Å². The number of aryl methyl sites for hydroxylation is 1. The average molecular weight is 559 g/mol. The van der Waals surface area contributed by atoms with Gasteiger partial charge in [0.05, 0.1) is 11.4 Å². The second-order valence-electron chi connectivity index (χ2n) is 12.0. The van der Waals surface area contributed by atoms with E-state index in [0.29, 0.717) is 6.61 Å². The molecular formula is C38H42N2O2. The normalized spacial score (nSPS) is 18.7. The number of likely N-dealkylation sites (tertiary alicyclic amines) is 1. The zero-order chi connectivity index (χ0) is 28.8. The van der Waals surface area contributed by atoms with Crippen molar-refractivity contribution in [1.29, 1.82) is 0 Å². The number of aliphatic imine (C=N–C) groups is 1. The van der Waals surface area contributed by atoms with Crippen LogP contribution in [0.15, 0.2) is 102 Å². The molecule has 0 N–H and O–H groups in total. The number of hydrogen-bond donors (Lipinski definition) is 0. The maximum Gasteiger partial charge on any atom is 0.119 e. The average Bonchev–Trinajstić information content (AvgIpc) is 3.15. The van der Waals surface area contributed by atoms with Crippen LogP contribution in [0.1, 0.15) is 60.4 Å². The van der Waals surface area contributed by atoms with E-state index in [-0.39, 0.29) is 5.41 Å². The minimum Gasteiger partial charge on any atom is -0.492 e. The molecular weight excluding hydrogens is 516 g/mol. The van der Waals surface area contributed by atoms with Crippen LogP contribution in [0, 0.1) is 6.92 Å². The summed E-state index contributed by atoms with van der Waals surface area (Å²) in [6.45, 7) is 9.21. The van der Waals surface area contributed by atoms with E-state index in [2.05, 4.69) is 97.6 Å². The van der Waals surface area contributed by atoms with Gasteiger partial charge in [-0.2, -0.15) is 0 Å². The van der Waals surface area contributed by atoms with Gasteiger partial charge < -0.3 is 9.47 Å². The topological polar surface area (TPSA) is 34.1 Å². The second kappa shape index (κ2) is 13.0. The van der Waals surface area contributed by atoms with Crippen LogP contribution in [-0.4, -0.2) is 36.9 Å². The molecule has 1 atom stereocenters. The van der Waals surface area contributed by atoms with Crippen molar-refractivity contribution >= 4 is 11.4 Å². The van der Waals surface area contributed by atoms with Crippen LogP contribution in [0.4, 0.5) is 5.69 Å². The molecule has 2 aliphatic heterocycles. The number of benzene rings is 4. The van der Waals surface area contributed by atoms with Gasteiger partial charge in [-0.15, -0.1) is 0 Å². The largest absolute Gasteiger partial charge is 0.492 e. The summed E-state index contributed by atoms with van der Waals surface area (Å²) >= 11 is 0. The highest BCUT2D eigenvalue weighted by Gasteiger charge is 2.40. The molecule has 216 valence electrons. The molecule has 0 bridgehead atoms. The van der Waals surface area contributed by atoms with Crippen molar-refractivity contribution < 1.29 is 9.47 Å². The third kappa shape index (κ3) is 6.60. The van der Waals surface area contributed by atoms with Crippen LogP contribution in [0.2, 0.25) is 0 Å². The SMILES string of the molecule is Cc1ccc2c(c1)C(C)(Cc1ccc(OCCN3CCCCCC3)cc1)C(c1ccc(OCc3ccccc3)cc1)=N2. The fourth-order valence-electron chi connectivity index (χ4n) is 6.34. The molecule has 0 radical (unpaired) electrons. The molecule has 2 aliphatic rings. The molecule has 0 saturated carbocycles. The highest BCUT2D eigenvalue weighted by Crippen LogP contribution is 2.45.